The van der Waals surface area contributed by atoms with Crippen LogP contribution in [-0.4, -0.2) is 11.7 Å². The van der Waals surface area contributed by atoms with Gasteiger partial charge in [-0.25, -0.2) is 8.78 Å². The molecule has 0 fully saturated rings. The largest absolute Gasteiger partial charge is 0.387 e. The molecular formula is C13H11Br2F2NOS. The van der Waals surface area contributed by atoms with Crippen LogP contribution in [0.25, 0.3) is 0 Å². The highest BCUT2D eigenvalue weighted by molar-refractivity contribution is 9.13. The maximum Gasteiger partial charge on any atom is 0.126 e. The van der Waals surface area contributed by atoms with Crippen LogP contribution in [0.4, 0.5) is 8.78 Å². The lowest BCUT2D eigenvalue weighted by Gasteiger charge is -2.21. The Morgan fingerprint density at radius 3 is 2.20 bits per heavy atom. The van der Waals surface area contributed by atoms with E-state index in [-0.39, 0.29) is 6.54 Å². The number of aliphatic hydroxyl groups is 1. The topological polar surface area (TPSA) is 46.2 Å². The highest BCUT2D eigenvalue weighted by Crippen LogP contribution is 2.40. The molecule has 0 radical (unpaired) electrons. The number of benzene rings is 1. The third kappa shape index (κ3) is 3.46. The molecule has 108 valence electrons. The normalized spacial score (nSPS) is 14.3. The number of aliphatic hydroxyl groups excluding tert-OH is 1. The number of thiophene rings is 1. The lowest BCUT2D eigenvalue weighted by Crippen LogP contribution is -2.20. The molecule has 3 N–H and O–H groups in total. The van der Waals surface area contributed by atoms with Gasteiger partial charge in [-0.05, 0) is 55.6 Å². The number of hydrogen-bond acceptors (Lipinski definition) is 3. The fourth-order valence-electron chi connectivity index (χ4n) is 1.94. The van der Waals surface area contributed by atoms with Gasteiger partial charge < -0.3 is 10.8 Å². The highest BCUT2D eigenvalue weighted by atomic mass is 79.9. The third-order valence-corrected chi connectivity index (χ3v) is 6.23. The van der Waals surface area contributed by atoms with E-state index in [2.05, 4.69) is 31.9 Å². The van der Waals surface area contributed by atoms with E-state index in [4.69, 9.17) is 5.73 Å². The summed E-state index contributed by atoms with van der Waals surface area (Å²) in [5, 5.41) is 10.4. The highest BCUT2D eigenvalue weighted by Gasteiger charge is 2.25. The van der Waals surface area contributed by atoms with Crippen molar-refractivity contribution in [3.05, 3.63) is 54.6 Å². The molecule has 2 rings (SSSR count). The molecule has 0 saturated carbocycles. The molecule has 0 aliphatic heterocycles. The van der Waals surface area contributed by atoms with Crippen molar-refractivity contribution in [2.45, 2.75) is 12.0 Å². The summed E-state index contributed by atoms with van der Waals surface area (Å²) in [6, 6.07) is 4.95. The Morgan fingerprint density at radius 1 is 1.15 bits per heavy atom. The quantitative estimate of drug-likeness (QED) is 0.764. The molecule has 7 heteroatoms. The molecule has 20 heavy (non-hydrogen) atoms. The molecule has 0 spiro atoms. The Kier molecular flexibility index (Phi) is 5.30. The zero-order valence-electron chi connectivity index (χ0n) is 10.1. The molecular weight excluding hydrogens is 416 g/mol. The van der Waals surface area contributed by atoms with E-state index in [0.29, 0.717) is 10.4 Å². The molecule has 1 aromatic carbocycles. The fraction of sp³-hybridized carbons (Fsp3) is 0.231. The van der Waals surface area contributed by atoms with Gasteiger partial charge in [0, 0.05) is 27.9 Å². The van der Waals surface area contributed by atoms with Crippen molar-refractivity contribution in [1.29, 1.82) is 0 Å². The summed E-state index contributed by atoms with van der Waals surface area (Å²) in [7, 11) is 0. The van der Waals surface area contributed by atoms with Crippen LogP contribution in [0.2, 0.25) is 0 Å². The smallest absolute Gasteiger partial charge is 0.126 e. The molecule has 0 saturated heterocycles. The summed E-state index contributed by atoms with van der Waals surface area (Å²) >= 11 is 8.03. The van der Waals surface area contributed by atoms with Gasteiger partial charge >= 0.3 is 0 Å². The van der Waals surface area contributed by atoms with E-state index in [1.165, 1.54) is 23.5 Å². The van der Waals surface area contributed by atoms with Crippen LogP contribution < -0.4 is 5.73 Å². The summed E-state index contributed by atoms with van der Waals surface area (Å²) in [6.07, 6.45) is -0.922. The van der Waals surface area contributed by atoms with Crippen molar-refractivity contribution in [3.63, 3.8) is 0 Å². The first-order valence-corrected chi connectivity index (χ1v) is 8.11. The van der Waals surface area contributed by atoms with Crippen LogP contribution in [-0.2, 0) is 0 Å². The minimum Gasteiger partial charge on any atom is -0.387 e. The van der Waals surface area contributed by atoms with E-state index < -0.39 is 23.7 Å². The van der Waals surface area contributed by atoms with Gasteiger partial charge in [0.2, 0.25) is 0 Å². The Bertz CT molecular complexity index is 581. The fourth-order valence-corrected chi connectivity index (χ4v) is 4.09. The SMILES string of the molecule is NCC(c1cc(F)cc(F)c1)C(O)c1cc(Br)c(Br)s1. The Labute approximate surface area is 135 Å². The summed E-state index contributed by atoms with van der Waals surface area (Å²) in [6.45, 7) is 0.0806. The average molecular weight is 427 g/mol. The zero-order chi connectivity index (χ0) is 14.9. The van der Waals surface area contributed by atoms with Crippen molar-refractivity contribution in [2.24, 2.45) is 5.73 Å². The van der Waals surface area contributed by atoms with E-state index in [9.17, 15) is 13.9 Å². The Balaban J connectivity index is 2.36. The van der Waals surface area contributed by atoms with Gasteiger partial charge in [0.15, 0.2) is 0 Å². The van der Waals surface area contributed by atoms with Crippen LogP contribution in [0.1, 0.15) is 22.5 Å². The first kappa shape index (κ1) is 16.0. The number of nitrogens with two attached hydrogens (primary N) is 1. The van der Waals surface area contributed by atoms with Crippen LogP contribution in [0.3, 0.4) is 0 Å². The van der Waals surface area contributed by atoms with Gasteiger partial charge in [0.1, 0.15) is 11.6 Å². The second kappa shape index (κ2) is 6.62. The minimum absolute atomic E-state index is 0.0806. The standard InChI is InChI=1S/C13H11Br2F2NOS/c14-10-4-11(20-13(10)15)12(19)9(5-18)6-1-7(16)3-8(17)2-6/h1-4,9,12,19H,5,18H2. The first-order chi connectivity index (χ1) is 9.42. The molecule has 0 bridgehead atoms. The molecule has 2 nitrogen and oxygen atoms in total. The lowest BCUT2D eigenvalue weighted by atomic mass is 9.92. The Hall–Kier alpha value is -0.340. The van der Waals surface area contributed by atoms with Crippen molar-refractivity contribution in [3.8, 4) is 0 Å². The van der Waals surface area contributed by atoms with Crippen molar-refractivity contribution < 1.29 is 13.9 Å². The summed E-state index contributed by atoms with van der Waals surface area (Å²) in [5.74, 6) is -1.93. The second-order valence-electron chi connectivity index (χ2n) is 4.26. The van der Waals surface area contributed by atoms with Gasteiger partial charge in [0.25, 0.3) is 0 Å². The van der Waals surface area contributed by atoms with Crippen molar-refractivity contribution in [2.75, 3.05) is 6.54 Å². The molecule has 0 aliphatic rings. The molecule has 2 atom stereocenters. The maximum atomic E-state index is 13.3. The lowest BCUT2D eigenvalue weighted by molar-refractivity contribution is 0.151. The molecule has 0 amide bonds. The first-order valence-electron chi connectivity index (χ1n) is 5.71. The van der Waals surface area contributed by atoms with Crippen molar-refractivity contribution >= 4 is 43.2 Å². The maximum absolute atomic E-state index is 13.3. The monoisotopic (exact) mass is 425 g/mol. The average Bonchev–Trinajstić information content (AvgIpc) is 2.69. The van der Waals surface area contributed by atoms with Gasteiger partial charge in [-0.3, -0.25) is 0 Å². The zero-order valence-corrected chi connectivity index (χ0v) is 14.1. The molecule has 0 aliphatic carbocycles. The van der Waals surface area contributed by atoms with E-state index in [1.54, 1.807) is 6.07 Å². The van der Waals surface area contributed by atoms with Crippen molar-refractivity contribution in [1.82, 2.24) is 0 Å². The van der Waals surface area contributed by atoms with Gasteiger partial charge in [-0.15, -0.1) is 11.3 Å². The summed E-state index contributed by atoms with van der Waals surface area (Å²) < 4.78 is 28.2. The van der Waals surface area contributed by atoms with Crippen LogP contribution in [0.5, 0.6) is 0 Å². The predicted molar refractivity (Wildman–Crippen MR) is 82.8 cm³/mol. The summed E-state index contributed by atoms with van der Waals surface area (Å²) in [4.78, 5) is 0.670. The molecule has 2 unspecified atom stereocenters. The van der Waals surface area contributed by atoms with E-state index in [1.807, 2.05) is 0 Å². The minimum atomic E-state index is -0.922. The van der Waals surface area contributed by atoms with Gasteiger partial charge in [-0.1, -0.05) is 0 Å². The van der Waals surface area contributed by atoms with E-state index >= 15 is 0 Å². The number of halogens is 4. The number of rotatable bonds is 4. The van der Waals surface area contributed by atoms with Crippen LogP contribution >= 0.6 is 43.2 Å². The Morgan fingerprint density at radius 2 is 1.75 bits per heavy atom. The van der Waals surface area contributed by atoms with Gasteiger partial charge in [-0.2, -0.15) is 0 Å². The third-order valence-electron chi connectivity index (χ3n) is 2.90. The molecule has 1 heterocycles. The molecule has 2 aromatic rings. The summed E-state index contributed by atoms with van der Waals surface area (Å²) in [5.41, 5.74) is 6.01. The number of hydrogen-bond donors (Lipinski definition) is 2. The van der Waals surface area contributed by atoms with Crippen LogP contribution in [0, 0.1) is 11.6 Å². The van der Waals surface area contributed by atoms with E-state index in [0.717, 1.165) is 14.3 Å². The predicted octanol–water partition coefficient (Wildman–Crippen LogP) is 4.33. The molecule has 1 aromatic heterocycles. The second-order valence-corrected chi connectivity index (χ2v) is 7.52. The van der Waals surface area contributed by atoms with Gasteiger partial charge in [0.05, 0.1) is 9.89 Å². The van der Waals surface area contributed by atoms with Crippen LogP contribution in [0.15, 0.2) is 32.5 Å².